The average Bonchev–Trinajstić information content (AvgIpc) is 3.14. The molecule has 2 fully saturated rings. The molecular weight excluding hydrogens is 288 g/mol. The summed E-state index contributed by atoms with van der Waals surface area (Å²) in [4.78, 5) is 24.8. The van der Waals surface area contributed by atoms with Crippen LogP contribution in [0.4, 0.5) is 0 Å². The quantitative estimate of drug-likeness (QED) is 0.479. The van der Waals surface area contributed by atoms with E-state index in [0.717, 1.165) is 11.4 Å². The number of carbonyl (C=O) groups excluding carboxylic acids is 2. The highest BCUT2D eigenvalue weighted by Gasteiger charge is 2.59. The summed E-state index contributed by atoms with van der Waals surface area (Å²) in [5.41, 5.74) is 0.693. The fraction of sp³-hybridized carbons (Fsp3) is 0.312. The lowest BCUT2D eigenvalue weighted by Crippen LogP contribution is -2.28. The van der Waals surface area contributed by atoms with Crippen LogP contribution >= 0.6 is 11.6 Å². The number of halogens is 1. The van der Waals surface area contributed by atoms with Crippen LogP contribution in [0, 0.1) is 23.7 Å². The average molecular weight is 301 g/mol. The van der Waals surface area contributed by atoms with Crippen molar-refractivity contribution < 1.29 is 9.59 Å². The zero-order valence-corrected chi connectivity index (χ0v) is 11.9. The van der Waals surface area contributed by atoms with Crippen LogP contribution in [0.3, 0.4) is 0 Å². The van der Waals surface area contributed by atoms with Crippen molar-refractivity contribution in [2.45, 2.75) is 6.42 Å². The lowest BCUT2D eigenvalue weighted by atomic mass is 9.85. The maximum absolute atomic E-state index is 12.4. The standard InChI is InChI=1S/C16H13ClN2O2/c17-12-4-2-1-3-11(12)8-18-19-15(20)13-9-5-6-10(7-9)14(13)16(19)21/h1-6,8-10,13-14H,7H2/b18-8-/t9-,10-,13-,14-/m0/s1. The van der Waals surface area contributed by atoms with Gasteiger partial charge in [0.2, 0.25) is 0 Å². The predicted octanol–water partition coefficient (Wildman–Crippen LogP) is 2.48. The maximum Gasteiger partial charge on any atom is 0.254 e. The summed E-state index contributed by atoms with van der Waals surface area (Å²) in [7, 11) is 0. The third-order valence-corrected chi connectivity index (χ3v) is 5.01. The number of imide groups is 1. The lowest BCUT2D eigenvalue weighted by molar-refractivity contribution is -0.140. The van der Waals surface area contributed by atoms with Crippen LogP contribution in [0.5, 0.6) is 0 Å². The minimum absolute atomic E-state index is 0.176. The van der Waals surface area contributed by atoms with Gasteiger partial charge in [-0.2, -0.15) is 10.1 Å². The molecule has 1 aromatic rings. The Labute approximate surface area is 127 Å². The topological polar surface area (TPSA) is 49.7 Å². The molecule has 1 saturated heterocycles. The summed E-state index contributed by atoms with van der Waals surface area (Å²) in [5, 5.41) is 5.67. The number of benzene rings is 1. The van der Waals surface area contributed by atoms with Crippen molar-refractivity contribution in [2.75, 3.05) is 0 Å². The zero-order valence-electron chi connectivity index (χ0n) is 11.1. The van der Waals surface area contributed by atoms with E-state index in [4.69, 9.17) is 11.6 Å². The van der Waals surface area contributed by atoms with Crippen LogP contribution < -0.4 is 0 Å². The van der Waals surface area contributed by atoms with Crippen molar-refractivity contribution in [2.24, 2.45) is 28.8 Å². The molecule has 0 radical (unpaired) electrons. The first kappa shape index (κ1) is 12.8. The van der Waals surface area contributed by atoms with Crippen molar-refractivity contribution >= 4 is 29.6 Å². The van der Waals surface area contributed by atoms with E-state index in [0.29, 0.717) is 10.6 Å². The molecule has 3 aliphatic rings. The van der Waals surface area contributed by atoms with Crippen LogP contribution in [-0.2, 0) is 9.59 Å². The third kappa shape index (κ3) is 1.79. The van der Waals surface area contributed by atoms with Crippen LogP contribution in [0.25, 0.3) is 0 Å². The first-order chi connectivity index (χ1) is 10.2. The van der Waals surface area contributed by atoms with Gasteiger partial charge in [-0.05, 0) is 24.3 Å². The largest absolute Gasteiger partial charge is 0.272 e. The first-order valence-corrected chi connectivity index (χ1v) is 7.39. The number of amides is 2. The molecule has 0 spiro atoms. The van der Waals surface area contributed by atoms with Crippen LogP contribution in [0.2, 0.25) is 5.02 Å². The summed E-state index contributed by atoms with van der Waals surface area (Å²) in [6.07, 6.45) is 6.54. The van der Waals surface area contributed by atoms with Gasteiger partial charge in [-0.1, -0.05) is 42.0 Å². The molecule has 2 amide bonds. The summed E-state index contributed by atoms with van der Waals surface area (Å²) in [5.74, 6) is -0.365. The molecule has 0 N–H and O–H groups in total. The maximum atomic E-state index is 12.4. The van der Waals surface area contributed by atoms with Gasteiger partial charge in [-0.15, -0.1) is 0 Å². The molecule has 1 aliphatic heterocycles. The van der Waals surface area contributed by atoms with Crippen molar-refractivity contribution in [3.63, 3.8) is 0 Å². The molecule has 21 heavy (non-hydrogen) atoms. The van der Waals surface area contributed by atoms with Gasteiger partial charge in [0, 0.05) is 10.6 Å². The summed E-state index contributed by atoms with van der Waals surface area (Å²) < 4.78 is 0. The normalized spacial score (nSPS) is 33.5. The molecule has 2 bridgehead atoms. The molecule has 0 aromatic heterocycles. The van der Waals surface area contributed by atoms with E-state index < -0.39 is 0 Å². The van der Waals surface area contributed by atoms with Crippen molar-refractivity contribution in [3.05, 3.63) is 47.0 Å². The Morgan fingerprint density at radius 1 is 1.10 bits per heavy atom. The van der Waals surface area contributed by atoms with Gasteiger partial charge in [0.05, 0.1) is 18.1 Å². The number of fused-ring (bicyclic) bond motifs is 5. The number of carbonyl (C=O) groups is 2. The summed E-state index contributed by atoms with van der Waals surface area (Å²) in [6, 6.07) is 7.19. The van der Waals surface area contributed by atoms with Gasteiger partial charge in [0.25, 0.3) is 11.8 Å². The van der Waals surface area contributed by atoms with Crippen LogP contribution in [0.1, 0.15) is 12.0 Å². The fourth-order valence-corrected chi connectivity index (χ4v) is 3.88. The second-order valence-electron chi connectivity index (χ2n) is 5.75. The first-order valence-electron chi connectivity index (χ1n) is 7.01. The SMILES string of the molecule is O=C1[C@@H]2[C@@H](C(=O)N1/N=C\c1ccccc1Cl)[C@H]1C=C[C@H]2C1. The van der Waals surface area contributed by atoms with Crippen molar-refractivity contribution in [1.82, 2.24) is 5.01 Å². The minimum Gasteiger partial charge on any atom is -0.272 e. The highest BCUT2D eigenvalue weighted by Crippen LogP contribution is 2.52. The fourth-order valence-electron chi connectivity index (χ4n) is 3.70. The second-order valence-corrected chi connectivity index (χ2v) is 6.16. The molecule has 4 rings (SSSR count). The van der Waals surface area contributed by atoms with Crippen molar-refractivity contribution in [3.8, 4) is 0 Å². The number of allylic oxidation sites excluding steroid dienone is 2. The second kappa shape index (κ2) is 4.53. The Morgan fingerprint density at radius 2 is 1.71 bits per heavy atom. The van der Waals surface area contributed by atoms with Gasteiger partial charge >= 0.3 is 0 Å². The van der Waals surface area contributed by atoms with Gasteiger partial charge < -0.3 is 0 Å². The Kier molecular flexibility index (Phi) is 2.76. The molecule has 2 aliphatic carbocycles. The number of rotatable bonds is 2. The molecule has 5 heteroatoms. The Bertz CT molecular complexity index is 667. The molecule has 4 nitrogen and oxygen atoms in total. The van der Waals surface area contributed by atoms with Crippen molar-refractivity contribution in [1.29, 1.82) is 0 Å². The molecule has 4 atom stereocenters. The smallest absolute Gasteiger partial charge is 0.254 e. The molecule has 1 saturated carbocycles. The molecule has 106 valence electrons. The Hall–Kier alpha value is -1.94. The van der Waals surface area contributed by atoms with Gasteiger partial charge in [-0.25, -0.2) is 0 Å². The van der Waals surface area contributed by atoms with E-state index in [1.165, 1.54) is 6.21 Å². The summed E-state index contributed by atoms with van der Waals surface area (Å²) in [6.45, 7) is 0. The van der Waals surface area contributed by atoms with E-state index in [1.54, 1.807) is 12.1 Å². The predicted molar refractivity (Wildman–Crippen MR) is 78.6 cm³/mol. The monoisotopic (exact) mass is 300 g/mol. The molecule has 1 heterocycles. The van der Waals surface area contributed by atoms with E-state index >= 15 is 0 Å². The molecule has 0 unspecified atom stereocenters. The zero-order chi connectivity index (χ0) is 14.6. The van der Waals surface area contributed by atoms with Gasteiger partial charge in [0.1, 0.15) is 0 Å². The Balaban J connectivity index is 1.62. The third-order valence-electron chi connectivity index (χ3n) is 4.66. The highest BCUT2D eigenvalue weighted by atomic mass is 35.5. The number of hydrogen-bond donors (Lipinski definition) is 0. The van der Waals surface area contributed by atoms with E-state index in [9.17, 15) is 9.59 Å². The van der Waals surface area contributed by atoms with Gasteiger partial charge in [-0.3, -0.25) is 9.59 Å². The highest BCUT2D eigenvalue weighted by molar-refractivity contribution is 6.33. The van der Waals surface area contributed by atoms with E-state index in [-0.39, 0.29) is 35.5 Å². The number of nitrogens with zero attached hydrogens (tertiary/aromatic N) is 2. The molecule has 1 aromatic carbocycles. The summed E-state index contributed by atoms with van der Waals surface area (Å²) >= 11 is 6.04. The number of hydrazone groups is 1. The van der Waals surface area contributed by atoms with E-state index in [2.05, 4.69) is 17.3 Å². The molecular formula is C16H13ClN2O2. The number of hydrogen-bond acceptors (Lipinski definition) is 3. The Morgan fingerprint density at radius 3 is 2.33 bits per heavy atom. The van der Waals surface area contributed by atoms with Crippen LogP contribution in [-0.4, -0.2) is 23.0 Å². The minimum atomic E-state index is -0.212. The van der Waals surface area contributed by atoms with Gasteiger partial charge in [0.15, 0.2) is 0 Å². The van der Waals surface area contributed by atoms with E-state index in [1.807, 2.05) is 12.1 Å². The lowest BCUT2D eigenvalue weighted by Gasteiger charge is -2.13. The van der Waals surface area contributed by atoms with Crippen LogP contribution in [0.15, 0.2) is 41.5 Å².